The van der Waals surface area contributed by atoms with Gasteiger partial charge in [0.25, 0.3) is 5.56 Å². The van der Waals surface area contributed by atoms with Gasteiger partial charge in [-0.15, -0.1) is 17.5 Å². The van der Waals surface area contributed by atoms with Crippen LogP contribution in [0.3, 0.4) is 0 Å². The quantitative estimate of drug-likeness (QED) is 0.811. The Morgan fingerprint density at radius 3 is 2.72 bits per heavy atom. The summed E-state index contributed by atoms with van der Waals surface area (Å²) in [7, 11) is 0. The number of aromatic nitrogens is 2. The lowest BCUT2D eigenvalue weighted by atomic mass is 10.1. The van der Waals surface area contributed by atoms with Crippen molar-refractivity contribution in [2.75, 3.05) is 13.1 Å². The second kappa shape index (κ2) is 8.43. The second-order valence-corrected chi connectivity index (χ2v) is 6.24. The highest BCUT2D eigenvalue weighted by Gasteiger charge is 2.19. The van der Waals surface area contributed by atoms with E-state index in [9.17, 15) is 14.4 Å². The first-order valence-corrected chi connectivity index (χ1v) is 8.25. The van der Waals surface area contributed by atoms with Crippen molar-refractivity contribution in [1.82, 2.24) is 15.1 Å². The first-order valence-electron chi connectivity index (χ1n) is 7.46. The topological polar surface area (TPSA) is 79.9 Å². The molecule has 1 fully saturated rings. The highest BCUT2D eigenvalue weighted by atomic mass is 79.9. The molecule has 0 atom stereocenters. The number of ether oxygens (including phenoxy) is 1. The molecule has 0 unspecified atom stereocenters. The molecule has 2 heterocycles. The maximum atomic E-state index is 13.7. The van der Waals surface area contributed by atoms with Crippen molar-refractivity contribution in [2.45, 2.75) is 18.9 Å². The number of benzene rings is 1. The van der Waals surface area contributed by atoms with Gasteiger partial charge in [0.2, 0.25) is 5.69 Å². The van der Waals surface area contributed by atoms with E-state index in [0.717, 1.165) is 30.6 Å². The Labute approximate surface area is 158 Å². The highest BCUT2D eigenvalue weighted by molar-refractivity contribution is 9.10. The Morgan fingerprint density at radius 1 is 1.36 bits per heavy atom. The van der Waals surface area contributed by atoms with Gasteiger partial charge in [0.05, 0.1) is 16.2 Å². The van der Waals surface area contributed by atoms with Crippen molar-refractivity contribution in [1.29, 1.82) is 5.26 Å². The van der Waals surface area contributed by atoms with Gasteiger partial charge < -0.3 is 10.1 Å². The monoisotopic (exact) mass is 428 g/mol. The summed E-state index contributed by atoms with van der Waals surface area (Å²) in [5.74, 6) is -0.349. The van der Waals surface area contributed by atoms with Crippen LogP contribution < -0.4 is 15.6 Å². The number of rotatable bonds is 3. The molecule has 1 aliphatic heterocycles. The van der Waals surface area contributed by atoms with E-state index in [4.69, 9.17) is 4.74 Å². The third kappa shape index (κ3) is 4.37. The van der Waals surface area contributed by atoms with Crippen LogP contribution in [0.25, 0.3) is 5.69 Å². The summed E-state index contributed by atoms with van der Waals surface area (Å²) in [5, 5.41) is 16.5. The number of halogens is 3. The van der Waals surface area contributed by atoms with Crippen LogP contribution in [0.4, 0.5) is 4.39 Å². The minimum Gasteiger partial charge on any atom is -0.487 e. The van der Waals surface area contributed by atoms with E-state index in [1.54, 1.807) is 0 Å². The number of nitrogens with zero attached hydrogens (tertiary/aromatic N) is 3. The number of piperidine rings is 1. The largest absolute Gasteiger partial charge is 0.487 e. The van der Waals surface area contributed by atoms with Crippen molar-refractivity contribution in [3.63, 3.8) is 0 Å². The van der Waals surface area contributed by atoms with Gasteiger partial charge in [-0.1, -0.05) is 0 Å². The number of hydrogen-bond donors (Lipinski definition) is 1. The van der Waals surface area contributed by atoms with Crippen LogP contribution in [-0.4, -0.2) is 29.0 Å². The fraction of sp³-hybridized carbons (Fsp3) is 0.312. The fourth-order valence-corrected chi connectivity index (χ4v) is 2.75. The van der Waals surface area contributed by atoms with Crippen LogP contribution in [0, 0.1) is 17.1 Å². The average Bonchev–Trinajstić information content (AvgIpc) is 2.59. The summed E-state index contributed by atoms with van der Waals surface area (Å²) in [6.45, 7) is 1.66. The normalized spacial score (nSPS) is 14.4. The van der Waals surface area contributed by atoms with E-state index >= 15 is 0 Å². The van der Waals surface area contributed by atoms with E-state index in [1.807, 2.05) is 6.07 Å². The molecule has 0 saturated carbocycles. The minimum atomic E-state index is -0.519. The fourth-order valence-electron chi connectivity index (χ4n) is 2.50. The minimum absolute atomic E-state index is 0. The Bertz CT molecular complexity index is 862. The molecule has 0 radical (unpaired) electrons. The zero-order valence-electron chi connectivity index (χ0n) is 13.0. The van der Waals surface area contributed by atoms with Crippen LogP contribution in [-0.2, 0) is 0 Å². The molecule has 132 valence electrons. The molecule has 0 amide bonds. The van der Waals surface area contributed by atoms with E-state index in [-0.39, 0.29) is 40.1 Å². The standard InChI is InChI=1S/C16H14BrFN4O2.ClH/c17-12-2-1-10(7-13(12)18)22-16(23)8-15(14(9-19)21-22)24-11-3-5-20-6-4-11;/h1-2,7-8,11,20H,3-6H2;1H. The van der Waals surface area contributed by atoms with Crippen LogP contribution >= 0.6 is 28.3 Å². The molecule has 25 heavy (non-hydrogen) atoms. The van der Waals surface area contributed by atoms with Crippen LogP contribution in [0.1, 0.15) is 18.5 Å². The molecule has 1 aliphatic rings. The highest BCUT2D eigenvalue weighted by Crippen LogP contribution is 2.21. The van der Waals surface area contributed by atoms with Gasteiger partial charge in [-0.25, -0.2) is 4.39 Å². The average molecular weight is 430 g/mol. The van der Waals surface area contributed by atoms with E-state index < -0.39 is 11.4 Å². The van der Waals surface area contributed by atoms with Gasteiger partial charge in [-0.05, 0) is 54.0 Å². The second-order valence-electron chi connectivity index (χ2n) is 5.38. The van der Waals surface area contributed by atoms with Gasteiger partial charge in [0.15, 0.2) is 5.75 Å². The number of nitriles is 1. The zero-order valence-corrected chi connectivity index (χ0v) is 15.4. The molecule has 1 saturated heterocycles. The predicted molar refractivity (Wildman–Crippen MR) is 96.0 cm³/mol. The molecule has 0 bridgehead atoms. The van der Waals surface area contributed by atoms with Crippen LogP contribution in [0.5, 0.6) is 5.75 Å². The molecule has 9 heteroatoms. The molecule has 1 aromatic carbocycles. The lowest BCUT2D eigenvalue weighted by molar-refractivity contribution is 0.160. The molecular formula is C16H15BrClFN4O2. The van der Waals surface area contributed by atoms with Crippen molar-refractivity contribution < 1.29 is 9.13 Å². The van der Waals surface area contributed by atoms with Gasteiger partial charge in [-0.3, -0.25) is 4.79 Å². The number of nitrogens with one attached hydrogen (secondary N) is 1. The van der Waals surface area contributed by atoms with E-state index in [0.29, 0.717) is 0 Å². The summed E-state index contributed by atoms with van der Waals surface area (Å²) in [6, 6.07) is 7.35. The smallest absolute Gasteiger partial charge is 0.275 e. The van der Waals surface area contributed by atoms with Gasteiger partial charge in [0, 0.05) is 6.07 Å². The lowest BCUT2D eigenvalue weighted by Gasteiger charge is -2.24. The Hall–Kier alpha value is -1.95. The van der Waals surface area contributed by atoms with E-state index in [1.165, 1.54) is 24.3 Å². The summed E-state index contributed by atoms with van der Waals surface area (Å²) >= 11 is 3.06. The van der Waals surface area contributed by atoms with E-state index in [2.05, 4.69) is 26.3 Å². The zero-order chi connectivity index (χ0) is 17.1. The van der Waals surface area contributed by atoms with Crippen LogP contribution in [0.15, 0.2) is 33.5 Å². The van der Waals surface area contributed by atoms with Crippen molar-refractivity contribution >= 4 is 28.3 Å². The van der Waals surface area contributed by atoms with Gasteiger partial charge in [-0.2, -0.15) is 9.94 Å². The van der Waals surface area contributed by atoms with Crippen LogP contribution in [0.2, 0.25) is 0 Å². The van der Waals surface area contributed by atoms with Gasteiger partial charge >= 0.3 is 0 Å². The Balaban J connectivity index is 0.00000225. The SMILES string of the molecule is Cl.N#Cc1nn(-c2ccc(Br)c(F)c2)c(=O)cc1OC1CCNCC1. The predicted octanol–water partition coefficient (Wildman–Crippen LogP) is 2.56. The third-order valence-electron chi connectivity index (χ3n) is 3.73. The molecule has 0 aliphatic carbocycles. The maximum Gasteiger partial charge on any atom is 0.275 e. The molecule has 1 N–H and O–H groups in total. The number of hydrogen-bond acceptors (Lipinski definition) is 5. The molecular weight excluding hydrogens is 415 g/mol. The van der Waals surface area contributed by atoms with Crippen molar-refractivity contribution in [2.24, 2.45) is 0 Å². The Kier molecular flexibility index (Phi) is 6.53. The van der Waals surface area contributed by atoms with Crippen molar-refractivity contribution in [3.8, 4) is 17.5 Å². The molecule has 6 nitrogen and oxygen atoms in total. The van der Waals surface area contributed by atoms with Crippen molar-refractivity contribution in [3.05, 3.63) is 50.6 Å². The summed E-state index contributed by atoms with van der Waals surface area (Å²) < 4.78 is 20.7. The first kappa shape index (κ1) is 19.4. The molecule has 0 spiro atoms. The first-order chi connectivity index (χ1) is 11.6. The molecule has 2 aromatic rings. The summed E-state index contributed by atoms with van der Waals surface area (Å²) in [4.78, 5) is 12.3. The lowest BCUT2D eigenvalue weighted by Crippen LogP contribution is -2.34. The molecule has 3 rings (SSSR count). The summed E-state index contributed by atoms with van der Waals surface area (Å²) in [5.41, 5.74) is -0.248. The summed E-state index contributed by atoms with van der Waals surface area (Å²) in [6.07, 6.45) is 1.54. The third-order valence-corrected chi connectivity index (χ3v) is 4.37. The Morgan fingerprint density at radius 2 is 2.08 bits per heavy atom. The maximum absolute atomic E-state index is 13.7. The molecule has 1 aromatic heterocycles. The van der Waals surface area contributed by atoms with Gasteiger partial charge in [0.1, 0.15) is 18.0 Å².